The zero-order valence-corrected chi connectivity index (χ0v) is 9.76. The highest BCUT2D eigenvalue weighted by Crippen LogP contribution is 2.18. The van der Waals surface area contributed by atoms with Gasteiger partial charge in [0.15, 0.2) is 0 Å². The van der Waals surface area contributed by atoms with Crippen molar-refractivity contribution in [1.29, 1.82) is 0 Å². The third-order valence-corrected chi connectivity index (χ3v) is 2.68. The van der Waals surface area contributed by atoms with E-state index in [1.807, 2.05) is 18.4 Å². The lowest BCUT2D eigenvalue weighted by molar-refractivity contribution is -0.140. The lowest BCUT2D eigenvalue weighted by atomic mass is 10.3. The van der Waals surface area contributed by atoms with E-state index in [1.54, 1.807) is 11.8 Å². The molecule has 4 heteroatoms. The Bertz CT molecular complexity index is 328. The first-order valence-electron chi connectivity index (χ1n) is 4.71. The molecule has 0 spiro atoms. The fourth-order valence-electron chi connectivity index (χ4n) is 1.14. The van der Waals surface area contributed by atoms with Crippen LogP contribution in [0.1, 0.15) is 6.42 Å². The zero-order valence-electron chi connectivity index (χ0n) is 8.95. The molecule has 0 saturated carbocycles. The Morgan fingerprint density at radius 2 is 2.33 bits per heavy atom. The first-order chi connectivity index (χ1) is 7.26. The van der Waals surface area contributed by atoms with Crippen LogP contribution in [0, 0.1) is 0 Å². The molecule has 0 saturated heterocycles. The third kappa shape index (κ3) is 4.25. The van der Waals surface area contributed by atoms with E-state index in [9.17, 15) is 4.79 Å². The Labute approximate surface area is 94.2 Å². The predicted molar refractivity (Wildman–Crippen MR) is 63.3 cm³/mol. The Balaban J connectivity index is 2.40. The van der Waals surface area contributed by atoms with E-state index >= 15 is 0 Å². The fraction of sp³-hybridized carbons (Fsp3) is 0.364. The van der Waals surface area contributed by atoms with Gasteiger partial charge in [0.2, 0.25) is 0 Å². The zero-order chi connectivity index (χ0) is 11.1. The summed E-state index contributed by atoms with van der Waals surface area (Å²) in [4.78, 5) is 12.1. The molecule has 82 valence electrons. The smallest absolute Gasteiger partial charge is 0.307 e. The highest BCUT2D eigenvalue weighted by atomic mass is 32.2. The van der Waals surface area contributed by atoms with Gasteiger partial charge in [-0.15, -0.1) is 11.8 Å². The quantitative estimate of drug-likeness (QED) is 0.617. The number of anilines is 1. The number of ether oxygens (including phenoxy) is 1. The Morgan fingerprint density at radius 3 is 3.00 bits per heavy atom. The molecule has 1 N–H and O–H groups in total. The van der Waals surface area contributed by atoms with Gasteiger partial charge in [-0.3, -0.25) is 4.79 Å². The van der Waals surface area contributed by atoms with Gasteiger partial charge < -0.3 is 10.1 Å². The second kappa shape index (κ2) is 6.35. The maximum absolute atomic E-state index is 10.9. The van der Waals surface area contributed by atoms with E-state index in [4.69, 9.17) is 0 Å². The summed E-state index contributed by atoms with van der Waals surface area (Å²) in [6, 6.07) is 8.08. The highest BCUT2D eigenvalue weighted by Gasteiger charge is 1.99. The summed E-state index contributed by atoms with van der Waals surface area (Å²) in [5, 5.41) is 3.17. The Hall–Kier alpha value is -1.16. The standard InChI is InChI=1S/C11H15NO2S/c1-14-11(13)6-7-12-9-4-3-5-10(8-9)15-2/h3-5,8,12H,6-7H2,1-2H3. The van der Waals surface area contributed by atoms with Crippen molar-refractivity contribution in [3.8, 4) is 0 Å². The number of rotatable bonds is 5. The van der Waals surface area contributed by atoms with E-state index in [0.29, 0.717) is 13.0 Å². The van der Waals surface area contributed by atoms with Crippen molar-refractivity contribution < 1.29 is 9.53 Å². The molecule has 0 bridgehead atoms. The number of nitrogens with one attached hydrogen (secondary N) is 1. The van der Waals surface area contributed by atoms with Gasteiger partial charge >= 0.3 is 5.97 Å². The van der Waals surface area contributed by atoms with E-state index in [0.717, 1.165) is 5.69 Å². The van der Waals surface area contributed by atoms with Crippen LogP contribution in [0.15, 0.2) is 29.2 Å². The van der Waals surface area contributed by atoms with Gasteiger partial charge in [0.05, 0.1) is 13.5 Å². The van der Waals surface area contributed by atoms with Gasteiger partial charge in [-0.1, -0.05) is 6.07 Å². The number of thioether (sulfide) groups is 1. The molecule has 1 aromatic rings. The maximum Gasteiger partial charge on any atom is 0.307 e. The Kier molecular flexibility index (Phi) is 5.04. The van der Waals surface area contributed by atoms with Gasteiger partial charge in [0.1, 0.15) is 0 Å². The summed E-state index contributed by atoms with van der Waals surface area (Å²) >= 11 is 1.70. The second-order valence-electron chi connectivity index (χ2n) is 2.98. The molecular weight excluding hydrogens is 210 g/mol. The number of carbonyl (C=O) groups excluding carboxylic acids is 1. The lowest BCUT2D eigenvalue weighted by Crippen LogP contribution is -2.09. The molecule has 3 nitrogen and oxygen atoms in total. The van der Waals surface area contributed by atoms with Crippen LogP contribution in [0.3, 0.4) is 0 Å². The molecule has 0 unspecified atom stereocenters. The summed E-state index contributed by atoms with van der Waals surface area (Å²) < 4.78 is 4.55. The largest absolute Gasteiger partial charge is 0.469 e. The van der Waals surface area contributed by atoms with Gasteiger partial charge in [-0.25, -0.2) is 0 Å². The minimum Gasteiger partial charge on any atom is -0.469 e. The molecular formula is C11H15NO2S. The molecule has 15 heavy (non-hydrogen) atoms. The van der Waals surface area contributed by atoms with Crippen LogP contribution in [0.4, 0.5) is 5.69 Å². The molecule has 0 aliphatic rings. The van der Waals surface area contributed by atoms with Crippen LogP contribution in [0.25, 0.3) is 0 Å². The molecule has 1 aromatic carbocycles. The van der Waals surface area contributed by atoms with Crippen molar-refractivity contribution in [2.75, 3.05) is 25.2 Å². The van der Waals surface area contributed by atoms with Gasteiger partial charge in [-0.2, -0.15) is 0 Å². The molecule has 0 fully saturated rings. The summed E-state index contributed by atoms with van der Waals surface area (Å²) in [6.45, 7) is 0.602. The average Bonchev–Trinajstić information content (AvgIpc) is 2.29. The van der Waals surface area contributed by atoms with Crippen molar-refractivity contribution in [1.82, 2.24) is 0 Å². The predicted octanol–water partition coefficient (Wildman–Crippen LogP) is 2.38. The van der Waals surface area contributed by atoms with Gasteiger partial charge in [0, 0.05) is 17.1 Å². The second-order valence-corrected chi connectivity index (χ2v) is 3.86. The third-order valence-electron chi connectivity index (χ3n) is 1.96. The minimum atomic E-state index is -0.191. The Morgan fingerprint density at radius 1 is 1.53 bits per heavy atom. The number of methoxy groups -OCH3 is 1. The van der Waals surface area contributed by atoms with Crippen molar-refractivity contribution >= 4 is 23.4 Å². The van der Waals surface area contributed by atoms with E-state index < -0.39 is 0 Å². The van der Waals surface area contributed by atoms with Crippen molar-refractivity contribution in [2.24, 2.45) is 0 Å². The molecule has 0 aliphatic carbocycles. The summed E-state index contributed by atoms with van der Waals surface area (Å²) in [5.41, 5.74) is 1.03. The van der Waals surface area contributed by atoms with E-state index in [-0.39, 0.29) is 5.97 Å². The van der Waals surface area contributed by atoms with Crippen molar-refractivity contribution in [2.45, 2.75) is 11.3 Å². The molecule has 0 atom stereocenters. The van der Waals surface area contributed by atoms with Gasteiger partial charge in [-0.05, 0) is 24.5 Å². The first-order valence-corrected chi connectivity index (χ1v) is 5.93. The van der Waals surface area contributed by atoms with Crippen molar-refractivity contribution in [3.05, 3.63) is 24.3 Å². The average molecular weight is 225 g/mol. The minimum absolute atomic E-state index is 0.191. The monoisotopic (exact) mass is 225 g/mol. The number of carbonyl (C=O) groups is 1. The SMILES string of the molecule is COC(=O)CCNc1cccc(SC)c1. The number of benzene rings is 1. The van der Waals surface area contributed by atoms with Gasteiger partial charge in [0.25, 0.3) is 0 Å². The normalized spacial score (nSPS) is 9.73. The van der Waals surface area contributed by atoms with Crippen LogP contribution < -0.4 is 5.32 Å². The molecule has 1 rings (SSSR count). The first kappa shape index (κ1) is 11.9. The number of hydrogen-bond acceptors (Lipinski definition) is 4. The highest BCUT2D eigenvalue weighted by molar-refractivity contribution is 7.98. The fourth-order valence-corrected chi connectivity index (χ4v) is 1.60. The van der Waals surface area contributed by atoms with Crippen LogP contribution in [-0.4, -0.2) is 25.9 Å². The summed E-state index contributed by atoms with van der Waals surface area (Å²) in [6.07, 6.45) is 2.42. The summed E-state index contributed by atoms with van der Waals surface area (Å²) in [7, 11) is 1.40. The summed E-state index contributed by atoms with van der Waals surface area (Å²) in [5.74, 6) is -0.191. The van der Waals surface area contributed by atoms with Crippen LogP contribution >= 0.6 is 11.8 Å². The van der Waals surface area contributed by atoms with E-state index in [2.05, 4.69) is 22.2 Å². The topological polar surface area (TPSA) is 38.3 Å². The van der Waals surface area contributed by atoms with E-state index in [1.165, 1.54) is 12.0 Å². The molecule has 0 aliphatic heterocycles. The van der Waals surface area contributed by atoms with Crippen LogP contribution in [0.2, 0.25) is 0 Å². The van der Waals surface area contributed by atoms with Crippen LogP contribution in [0.5, 0.6) is 0 Å². The molecule has 0 aromatic heterocycles. The lowest BCUT2D eigenvalue weighted by Gasteiger charge is -2.06. The number of hydrogen-bond donors (Lipinski definition) is 1. The number of esters is 1. The molecule has 0 heterocycles. The maximum atomic E-state index is 10.9. The van der Waals surface area contributed by atoms with Crippen molar-refractivity contribution in [3.63, 3.8) is 0 Å². The van der Waals surface area contributed by atoms with Crippen LogP contribution in [-0.2, 0) is 9.53 Å². The molecule has 0 radical (unpaired) electrons. The molecule has 0 amide bonds.